The molecule has 0 unspecified atom stereocenters. The molecule has 2 rings (SSSR count). The first-order chi connectivity index (χ1) is 8.45. The first-order valence-electron chi connectivity index (χ1n) is 5.24. The van der Waals surface area contributed by atoms with E-state index >= 15 is 0 Å². The lowest BCUT2D eigenvalue weighted by atomic mass is 10.1. The number of nitrogens with zero attached hydrogens (tertiary/aromatic N) is 2. The van der Waals surface area contributed by atoms with Crippen molar-refractivity contribution in [1.29, 1.82) is 0 Å². The lowest BCUT2D eigenvalue weighted by molar-refractivity contribution is -0.236. The van der Waals surface area contributed by atoms with Crippen molar-refractivity contribution >= 4 is 0 Å². The summed E-state index contributed by atoms with van der Waals surface area (Å²) in [7, 11) is 0. The first kappa shape index (κ1) is 12.9. The summed E-state index contributed by atoms with van der Waals surface area (Å²) in [5, 5.41) is 18.2. The number of nitrogens with one attached hydrogen (secondary N) is 1. The number of halogens is 1. The Balaban J connectivity index is 2.46. The zero-order chi connectivity index (χ0) is 13.4. The number of hydrogen-bond acceptors (Lipinski definition) is 6. The minimum absolute atomic E-state index is 0.0335. The number of hydrogen-bond donors (Lipinski definition) is 3. The van der Waals surface area contributed by atoms with Gasteiger partial charge < -0.3 is 14.9 Å². The number of alkyl halides is 1. The van der Waals surface area contributed by atoms with Crippen LogP contribution < -0.4 is 11.4 Å². The molecule has 0 spiro atoms. The summed E-state index contributed by atoms with van der Waals surface area (Å²) in [6, 6.07) is 0. The molecule has 1 saturated heterocycles. The van der Waals surface area contributed by atoms with Crippen molar-refractivity contribution in [2.45, 2.75) is 24.4 Å². The van der Waals surface area contributed by atoms with Gasteiger partial charge in [0, 0.05) is 12.8 Å². The molecule has 0 bridgehead atoms. The Labute approximate surface area is 99.7 Å². The zero-order valence-electron chi connectivity index (χ0n) is 9.30. The molecule has 1 fully saturated rings. The summed E-state index contributed by atoms with van der Waals surface area (Å²) < 4.78 is 19.6. The molecule has 2 atom stereocenters. The molecule has 1 aliphatic heterocycles. The molecule has 8 nitrogen and oxygen atoms in total. The van der Waals surface area contributed by atoms with Crippen molar-refractivity contribution in [3.8, 4) is 0 Å². The van der Waals surface area contributed by atoms with Gasteiger partial charge in [0.2, 0.25) is 5.85 Å². The summed E-state index contributed by atoms with van der Waals surface area (Å²) in [4.78, 5) is 27.6. The predicted octanol–water partition coefficient (Wildman–Crippen LogP) is -1.95. The largest absolute Gasteiger partial charge is 0.391 e. The number of rotatable bonds is 3. The lowest BCUT2D eigenvalue weighted by Gasteiger charge is -2.29. The quantitative estimate of drug-likeness (QED) is 0.582. The van der Waals surface area contributed by atoms with Gasteiger partial charge in [-0.2, -0.15) is 4.98 Å². The van der Waals surface area contributed by atoms with E-state index < -0.39 is 36.2 Å². The molecule has 9 heteroatoms. The number of aromatic amines is 1. The van der Waals surface area contributed by atoms with Gasteiger partial charge in [0.15, 0.2) is 5.72 Å². The molecular weight excluding hydrogens is 249 g/mol. The maximum Gasteiger partial charge on any atom is 0.350 e. The van der Waals surface area contributed by atoms with Gasteiger partial charge >= 0.3 is 11.4 Å². The lowest BCUT2D eigenvalue weighted by Crippen LogP contribution is -2.48. The maximum absolute atomic E-state index is 13.8. The highest BCUT2D eigenvalue weighted by Gasteiger charge is 2.51. The van der Waals surface area contributed by atoms with E-state index in [0.29, 0.717) is 0 Å². The van der Waals surface area contributed by atoms with Gasteiger partial charge in [0.25, 0.3) is 0 Å². The molecule has 0 saturated carbocycles. The van der Waals surface area contributed by atoms with Crippen molar-refractivity contribution in [3.05, 3.63) is 27.3 Å². The SMILES string of the molecule is O=c1ncn([C@@]2(CO)CC[C@@](F)(CO)O2)c(=O)[nH]1. The fraction of sp³-hybridized carbons (Fsp3) is 0.667. The van der Waals surface area contributed by atoms with E-state index in [0.717, 1.165) is 10.9 Å². The number of H-pyrrole nitrogens is 1. The van der Waals surface area contributed by atoms with E-state index in [-0.39, 0.29) is 12.8 Å². The summed E-state index contributed by atoms with van der Waals surface area (Å²) in [5.74, 6) is -2.32. The number of aliphatic hydroxyl groups excluding tert-OH is 2. The fourth-order valence-electron chi connectivity index (χ4n) is 1.93. The zero-order valence-corrected chi connectivity index (χ0v) is 9.30. The van der Waals surface area contributed by atoms with Gasteiger partial charge in [0.05, 0.1) is 6.61 Å². The van der Waals surface area contributed by atoms with Crippen LogP contribution in [0, 0.1) is 0 Å². The Morgan fingerprint density at radius 3 is 2.67 bits per heavy atom. The minimum atomic E-state index is -2.32. The van der Waals surface area contributed by atoms with E-state index in [4.69, 9.17) is 9.84 Å². The molecule has 1 aromatic heterocycles. The number of aromatic nitrogens is 3. The van der Waals surface area contributed by atoms with Gasteiger partial charge in [0.1, 0.15) is 12.9 Å². The Morgan fingerprint density at radius 2 is 2.17 bits per heavy atom. The Morgan fingerprint density at radius 1 is 1.44 bits per heavy atom. The fourth-order valence-corrected chi connectivity index (χ4v) is 1.93. The highest BCUT2D eigenvalue weighted by molar-refractivity contribution is 4.91. The van der Waals surface area contributed by atoms with Gasteiger partial charge in [-0.15, -0.1) is 0 Å². The van der Waals surface area contributed by atoms with Crippen molar-refractivity contribution in [1.82, 2.24) is 14.5 Å². The van der Waals surface area contributed by atoms with E-state index in [1.54, 1.807) is 0 Å². The number of aliphatic hydroxyl groups is 2. The molecule has 100 valence electrons. The van der Waals surface area contributed by atoms with Crippen molar-refractivity contribution in [3.63, 3.8) is 0 Å². The molecule has 1 aliphatic rings. The maximum atomic E-state index is 13.8. The molecular formula is C9H12FN3O5. The molecule has 1 aromatic rings. The van der Waals surface area contributed by atoms with E-state index in [1.165, 1.54) is 0 Å². The second-order valence-corrected chi connectivity index (χ2v) is 4.10. The third-order valence-corrected chi connectivity index (χ3v) is 2.91. The van der Waals surface area contributed by atoms with Crippen molar-refractivity contribution in [2.75, 3.05) is 13.2 Å². The standard InChI is InChI=1S/C9H12FN3O5/c10-8(3-14)1-2-9(4-15,18-8)13-5-11-6(16)12-7(13)17/h5,14-15H,1-4H2,(H,12,16,17)/t8-,9-/m0/s1. The van der Waals surface area contributed by atoms with Crippen LogP contribution in [0.15, 0.2) is 15.9 Å². The van der Waals surface area contributed by atoms with E-state index in [1.807, 2.05) is 4.98 Å². The summed E-state index contributed by atoms with van der Waals surface area (Å²) >= 11 is 0. The molecule has 3 N–H and O–H groups in total. The van der Waals surface area contributed by atoms with Crippen molar-refractivity contribution in [2.24, 2.45) is 0 Å². The molecule has 0 aromatic carbocycles. The first-order valence-corrected chi connectivity index (χ1v) is 5.24. The van der Waals surface area contributed by atoms with Crippen LogP contribution in [0.2, 0.25) is 0 Å². The topological polar surface area (TPSA) is 117 Å². The minimum Gasteiger partial charge on any atom is -0.391 e. The van der Waals surface area contributed by atoms with Gasteiger partial charge in [-0.05, 0) is 0 Å². The van der Waals surface area contributed by atoms with E-state index in [9.17, 15) is 19.1 Å². The smallest absolute Gasteiger partial charge is 0.350 e. The monoisotopic (exact) mass is 261 g/mol. The van der Waals surface area contributed by atoms with Crippen LogP contribution in [-0.2, 0) is 10.5 Å². The van der Waals surface area contributed by atoms with Crippen LogP contribution >= 0.6 is 0 Å². The van der Waals surface area contributed by atoms with Crippen LogP contribution in [0.4, 0.5) is 4.39 Å². The van der Waals surface area contributed by atoms with Crippen LogP contribution in [0.25, 0.3) is 0 Å². The Kier molecular flexibility index (Phi) is 3.05. The summed E-state index contributed by atoms with van der Waals surface area (Å²) in [6.45, 7) is -1.58. The highest BCUT2D eigenvalue weighted by Crippen LogP contribution is 2.40. The third-order valence-electron chi connectivity index (χ3n) is 2.91. The summed E-state index contributed by atoms with van der Waals surface area (Å²) in [6.07, 6.45) is 0.657. The molecule has 18 heavy (non-hydrogen) atoms. The normalized spacial score (nSPS) is 31.7. The van der Waals surface area contributed by atoms with Crippen molar-refractivity contribution < 1.29 is 19.3 Å². The Hall–Kier alpha value is -1.58. The molecule has 0 radical (unpaired) electrons. The van der Waals surface area contributed by atoms with Crippen LogP contribution in [0.1, 0.15) is 12.8 Å². The molecule has 0 aliphatic carbocycles. The highest BCUT2D eigenvalue weighted by atomic mass is 19.2. The van der Waals surface area contributed by atoms with Gasteiger partial charge in [-0.3, -0.25) is 9.55 Å². The average Bonchev–Trinajstić information content (AvgIpc) is 2.69. The summed E-state index contributed by atoms with van der Waals surface area (Å²) in [5.41, 5.74) is -3.38. The third kappa shape index (κ3) is 1.96. The molecule has 0 amide bonds. The van der Waals surface area contributed by atoms with Crippen LogP contribution in [-0.4, -0.2) is 43.8 Å². The molecule has 2 heterocycles. The van der Waals surface area contributed by atoms with Gasteiger partial charge in [-0.25, -0.2) is 14.0 Å². The number of ether oxygens (including phenoxy) is 1. The van der Waals surface area contributed by atoms with Crippen LogP contribution in [0.5, 0.6) is 0 Å². The van der Waals surface area contributed by atoms with Crippen LogP contribution in [0.3, 0.4) is 0 Å². The second kappa shape index (κ2) is 4.26. The second-order valence-electron chi connectivity index (χ2n) is 4.10. The average molecular weight is 261 g/mol. The van der Waals surface area contributed by atoms with E-state index in [2.05, 4.69) is 4.98 Å². The van der Waals surface area contributed by atoms with Gasteiger partial charge in [-0.1, -0.05) is 0 Å². The Bertz CT molecular complexity index is 558. The predicted molar refractivity (Wildman–Crippen MR) is 55.4 cm³/mol.